The Kier molecular flexibility index (Phi) is 5.55. The molecule has 0 aliphatic heterocycles. The van der Waals surface area contributed by atoms with Gasteiger partial charge in [-0.05, 0) is 28.5 Å². The van der Waals surface area contributed by atoms with E-state index in [0.29, 0.717) is 5.13 Å². The summed E-state index contributed by atoms with van der Waals surface area (Å²) in [6, 6.07) is 20.5. The fourth-order valence-electron chi connectivity index (χ4n) is 2.91. The van der Waals surface area contributed by atoms with Crippen LogP contribution in [0.25, 0.3) is 10.8 Å². The molecule has 8 heteroatoms. The van der Waals surface area contributed by atoms with Gasteiger partial charge in [0.2, 0.25) is 5.13 Å². The average molecular weight is 422 g/mol. The molecule has 1 aromatic heterocycles. The lowest BCUT2D eigenvalue weighted by molar-refractivity contribution is 0.0692. The molecule has 29 heavy (non-hydrogen) atoms. The zero-order chi connectivity index (χ0) is 20.2. The second-order valence-corrected chi connectivity index (χ2v) is 8.30. The van der Waals surface area contributed by atoms with E-state index in [1.807, 2.05) is 18.2 Å². The number of hydrogen-bond acceptors (Lipinski definition) is 6. The zero-order valence-corrected chi connectivity index (χ0v) is 16.7. The zero-order valence-electron chi connectivity index (χ0n) is 15.0. The summed E-state index contributed by atoms with van der Waals surface area (Å²) in [6.07, 6.45) is 0. The lowest BCUT2D eigenvalue weighted by Gasteiger charge is -2.05. The number of carbonyl (C=O) groups excluding carboxylic acids is 1. The summed E-state index contributed by atoms with van der Waals surface area (Å²) in [4.78, 5) is 23.7. The molecule has 0 aliphatic carbocycles. The number of nitrogens with zero attached hydrogens (tertiary/aromatic N) is 2. The highest BCUT2D eigenvalue weighted by Crippen LogP contribution is 2.31. The second-order valence-electron chi connectivity index (χ2n) is 6.10. The molecule has 0 spiro atoms. The van der Waals surface area contributed by atoms with E-state index in [4.69, 9.17) is 0 Å². The van der Waals surface area contributed by atoms with Crippen molar-refractivity contribution in [3.63, 3.8) is 0 Å². The Labute approximate surface area is 174 Å². The number of carboxylic acid groups (broad SMARTS) is 1. The molecule has 0 unspecified atom stereocenters. The van der Waals surface area contributed by atoms with Crippen molar-refractivity contribution in [3.05, 3.63) is 83.4 Å². The number of carboxylic acids is 1. The SMILES string of the molecule is O=C(O)c1ccccc1C(=O)Nc1nnc(SCc2cccc3ccccc23)s1. The van der Waals surface area contributed by atoms with Gasteiger partial charge in [0.05, 0.1) is 11.1 Å². The van der Waals surface area contributed by atoms with Gasteiger partial charge in [-0.2, -0.15) is 0 Å². The number of amides is 1. The largest absolute Gasteiger partial charge is 0.478 e. The van der Waals surface area contributed by atoms with Crippen molar-refractivity contribution in [2.45, 2.75) is 10.1 Å². The molecule has 2 N–H and O–H groups in total. The number of benzene rings is 3. The number of aromatic nitrogens is 2. The molecule has 1 amide bonds. The molecule has 6 nitrogen and oxygen atoms in total. The van der Waals surface area contributed by atoms with E-state index in [0.717, 1.165) is 10.1 Å². The van der Waals surface area contributed by atoms with Crippen LogP contribution in [0.3, 0.4) is 0 Å². The normalized spacial score (nSPS) is 10.8. The van der Waals surface area contributed by atoms with E-state index < -0.39 is 11.9 Å². The molecule has 0 aliphatic rings. The molecule has 144 valence electrons. The number of anilines is 1. The third-order valence-corrected chi connectivity index (χ3v) is 6.28. The van der Waals surface area contributed by atoms with Gasteiger partial charge in [-0.1, -0.05) is 77.7 Å². The summed E-state index contributed by atoms with van der Waals surface area (Å²) in [6.45, 7) is 0. The van der Waals surface area contributed by atoms with Crippen molar-refractivity contribution < 1.29 is 14.7 Å². The van der Waals surface area contributed by atoms with E-state index in [1.165, 1.54) is 51.6 Å². The molecular weight excluding hydrogens is 406 g/mol. The molecule has 0 saturated carbocycles. The van der Waals surface area contributed by atoms with Gasteiger partial charge < -0.3 is 5.11 Å². The van der Waals surface area contributed by atoms with Crippen LogP contribution < -0.4 is 5.32 Å². The Morgan fingerprint density at radius 2 is 1.66 bits per heavy atom. The molecule has 0 saturated heterocycles. The van der Waals surface area contributed by atoms with E-state index in [9.17, 15) is 14.7 Å². The van der Waals surface area contributed by atoms with Crippen LogP contribution in [-0.4, -0.2) is 27.2 Å². The van der Waals surface area contributed by atoms with Crippen molar-refractivity contribution in [3.8, 4) is 0 Å². The molecule has 4 rings (SSSR count). The fraction of sp³-hybridized carbons (Fsp3) is 0.0476. The first-order valence-corrected chi connectivity index (χ1v) is 10.5. The van der Waals surface area contributed by atoms with E-state index in [2.05, 4.69) is 39.8 Å². The summed E-state index contributed by atoms with van der Waals surface area (Å²) in [5, 5.41) is 22.7. The highest BCUT2D eigenvalue weighted by atomic mass is 32.2. The minimum atomic E-state index is -1.15. The third-order valence-electron chi connectivity index (χ3n) is 4.26. The standard InChI is InChI=1S/C21H15N3O3S2/c25-18(16-10-3-4-11-17(16)19(26)27)22-20-23-24-21(29-20)28-12-14-8-5-7-13-6-1-2-9-15(13)14/h1-11H,12H2,(H,26,27)(H,22,23,25). The molecule has 0 atom stereocenters. The summed E-state index contributed by atoms with van der Waals surface area (Å²) in [7, 11) is 0. The van der Waals surface area contributed by atoms with Crippen LogP contribution in [0, 0.1) is 0 Å². The van der Waals surface area contributed by atoms with Gasteiger partial charge in [0.15, 0.2) is 4.34 Å². The molecular formula is C21H15N3O3S2. The summed E-state index contributed by atoms with van der Waals surface area (Å²) >= 11 is 2.80. The van der Waals surface area contributed by atoms with Crippen LogP contribution in [0.15, 0.2) is 71.1 Å². The monoisotopic (exact) mass is 421 g/mol. The number of nitrogens with one attached hydrogen (secondary N) is 1. The van der Waals surface area contributed by atoms with Crippen LogP contribution in [0.5, 0.6) is 0 Å². The smallest absolute Gasteiger partial charge is 0.336 e. The molecule has 3 aromatic carbocycles. The number of aromatic carboxylic acids is 1. The Hall–Kier alpha value is -3.23. The maximum absolute atomic E-state index is 12.4. The van der Waals surface area contributed by atoms with Crippen molar-refractivity contribution in [2.75, 3.05) is 5.32 Å². The van der Waals surface area contributed by atoms with E-state index in [1.54, 1.807) is 12.1 Å². The van der Waals surface area contributed by atoms with Crippen LogP contribution in [0.4, 0.5) is 5.13 Å². The van der Waals surface area contributed by atoms with E-state index in [-0.39, 0.29) is 11.1 Å². The van der Waals surface area contributed by atoms with Gasteiger partial charge in [-0.25, -0.2) is 4.79 Å². The maximum Gasteiger partial charge on any atom is 0.336 e. The number of thioether (sulfide) groups is 1. The van der Waals surface area contributed by atoms with Crippen LogP contribution in [0.1, 0.15) is 26.3 Å². The molecule has 1 heterocycles. The van der Waals surface area contributed by atoms with E-state index >= 15 is 0 Å². The Morgan fingerprint density at radius 3 is 2.48 bits per heavy atom. The van der Waals surface area contributed by atoms with Crippen molar-refractivity contribution in [1.82, 2.24) is 10.2 Å². The third kappa shape index (κ3) is 4.28. The topological polar surface area (TPSA) is 92.2 Å². The Morgan fingerprint density at radius 1 is 0.931 bits per heavy atom. The predicted molar refractivity (Wildman–Crippen MR) is 115 cm³/mol. The summed E-state index contributed by atoms with van der Waals surface area (Å²) in [5.74, 6) is -0.949. The van der Waals surface area contributed by atoms with Gasteiger partial charge in [0, 0.05) is 5.75 Å². The highest BCUT2D eigenvalue weighted by molar-refractivity contribution is 8.00. The molecule has 0 bridgehead atoms. The number of carbonyl (C=O) groups is 2. The number of hydrogen-bond donors (Lipinski definition) is 2. The minimum absolute atomic E-state index is 0.0555. The lowest BCUT2D eigenvalue weighted by atomic mass is 10.1. The van der Waals surface area contributed by atoms with Crippen molar-refractivity contribution >= 4 is 50.9 Å². The first-order valence-electron chi connectivity index (χ1n) is 8.68. The fourth-order valence-corrected chi connectivity index (χ4v) is 4.66. The summed E-state index contributed by atoms with van der Waals surface area (Å²) < 4.78 is 0.722. The Balaban J connectivity index is 1.45. The van der Waals surface area contributed by atoms with Gasteiger partial charge >= 0.3 is 5.97 Å². The van der Waals surface area contributed by atoms with Crippen LogP contribution >= 0.6 is 23.1 Å². The Bertz CT molecular complexity index is 1200. The predicted octanol–water partition coefficient (Wildman–Crippen LogP) is 4.93. The maximum atomic E-state index is 12.4. The molecule has 4 aromatic rings. The van der Waals surface area contributed by atoms with Gasteiger partial charge in [0.1, 0.15) is 0 Å². The highest BCUT2D eigenvalue weighted by Gasteiger charge is 2.17. The lowest BCUT2D eigenvalue weighted by Crippen LogP contribution is -2.16. The van der Waals surface area contributed by atoms with Crippen molar-refractivity contribution in [2.24, 2.45) is 0 Å². The first-order chi connectivity index (χ1) is 14.1. The summed E-state index contributed by atoms with van der Waals surface area (Å²) in [5.41, 5.74) is 1.23. The minimum Gasteiger partial charge on any atom is -0.478 e. The first kappa shape index (κ1) is 19.1. The van der Waals surface area contributed by atoms with Crippen LogP contribution in [0.2, 0.25) is 0 Å². The van der Waals surface area contributed by atoms with Gasteiger partial charge in [0.25, 0.3) is 5.91 Å². The quantitative estimate of drug-likeness (QED) is 0.339. The number of rotatable bonds is 6. The van der Waals surface area contributed by atoms with Gasteiger partial charge in [-0.3, -0.25) is 10.1 Å². The second kappa shape index (κ2) is 8.42. The van der Waals surface area contributed by atoms with Crippen molar-refractivity contribution in [1.29, 1.82) is 0 Å². The van der Waals surface area contributed by atoms with Gasteiger partial charge in [-0.15, -0.1) is 10.2 Å². The molecule has 0 fully saturated rings. The molecule has 0 radical (unpaired) electrons. The van der Waals surface area contributed by atoms with Crippen LogP contribution in [-0.2, 0) is 5.75 Å². The average Bonchev–Trinajstić information content (AvgIpc) is 3.19. The number of fused-ring (bicyclic) bond motifs is 1.